The Bertz CT molecular complexity index is 494. The third-order valence-corrected chi connectivity index (χ3v) is 4.13. The Morgan fingerprint density at radius 1 is 1.30 bits per heavy atom. The first kappa shape index (κ1) is 13.4. The summed E-state index contributed by atoms with van der Waals surface area (Å²) in [4.78, 5) is 16.9. The van der Waals surface area contributed by atoms with E-state index in [0.717, 1.165) is 35.5 Å². The summed E-state index contributed by atoms with van der Waals surface area (Å²) in [5.41, 5.74) is 1.60. The number of hydrogen-bond acceptors (Lipinski definition) is 3. The number of aromatic nitrogens is 1. The maximum atomic E-state index is 12.5. The maximum absolute atomic E-state index is 12.5. The number of amides is 1. The smallest absolute Gasteiger partial charge is 0.251 e. The van der Waals surface area contributed by atoms with Gasteiger partial charge >= 0.3 is 0 Å². The van der Waals surface area contributed by atoms with E-state index in [9.17, 15) is 4.79 Å². The molecule has 1 aromatic heterocycles. The molecule has 0 aliphatic heterocycles. The standard InChI is InChI=1S/C16H23N3O/c1-3-17-14-9-13(8-10(2)18-14)16(20)19-15(11-4-5-11)12-6-7-12/h8-9,11-12,15H,3-7H2,1-2H3,(H,17,18)(H,19,20). The third kappa shape index (κ3) is 3.11. The van der Waals surface area contributed by atoms with Crippen LogP contribution in [0.25, 0.3) is 0 Å². The minimum Gasteiger partial charge on any atom is -0.370 e. The lowest BCUT2D eigenvalue weighted by Gasteiger charge is -2.18. The van der Waals surface area contributed by atoms with Crippen molar-refractivity contribution in [3.05, 3.63) is 23.4 Å². The highest BCUT2D eigenvalue weighted by atomic mass is 16.1. The van der Waals surface area contributed by atoms with Crippen molar-refractivity contribution in [1.29, 1.82) is 0 Å². The largest absolute Gasteiger partial charge is 0.370 e. The average Bonchev–Trinajstić information content (AvgIpc) is 3.28. The molecule has 0 saturated heterocycles. The first-order valence-corrected chi connectivity index (χ1v) is 7.71. The second-order valence-electron chi connectivity index (χ2n) is 6.09. The van der Waals surface area contributed by atoms with Crippen LogP contribution in [0.3, 0.4) is 0 Å². The Morgan fingerprint density at radius 3 is 2.50 bits per heavy atom. The number of aryl methyl sites for hydroxylation is 1. The van der Waals surface area contributed by atoms with Crippen molar-refractivity contribution in [3.63, 3.8) is 0 Å². The van der Waals surface area contributed by atoms with Crippen LogP contribution < -0.4 is 10.6 Å². The lowest BCUT2D eigenvalue weighted by Crippen LogP contribution is -2.38. The van der Waals surface area contributed by atoms with E-state index in [4.69, 9.17) is 0 Å². The Morgan fingerprint density at radius 2 is 1.95 bits per heavy atom. The lowest BCUT2D eigenvalue weighted by molar-refractivity contribution is 0.0926. The average molecular weight is 273 g/mol. The molecule has 4 nitrogen and oxygen atoms in total. The van der Waals surface area contributed by atoms with Crippen LogP contribution in [-0.2, 0) is 0 Å². The van der Waals surface area contributed by atoms with Crippen LogP contribution in [0.15, 0.2) is 12.1 Å². The fraction of sp³-hybridized carbons (Fsp3) is 0.625. The van der Waals surface area contributed by atoms with Crippen molar-refractivity contribution in [2.75, 3.05) is 11.9 Å². The van der Waals surface area contributed by atoms with Gasteiger partial charge in [-0.15, -0.1) is 0 Å². The molecule has 0 spiro atoms. The van der Waals surface area contributed by atoms with Crippen molar-refractivity contribution in [2.24, 2.45) is 11.8 Å². The maximum Gasteiger partial charge on any atom is 0.251 e. The van der Waals surface area contributed by atoms with Crippen LogP contribution in [0, 0.1) is 18.8 Å². The molecule has 2 saturated carbocycles. The van der Waals surface area contributed by atoms with Gasteiger partial charge in [-0.1, -0.05) is 0 Å². The van der Waals surface area contributed by atoms with Crippen LogP contribution in [0.4, 0.5) is 5.82 Å². The Labute approximate surface area is 120 Å². The highest BCUT2D eigenvalue weighted by molar-refractivity contribution is 5.95. The normalized spacial score (nSPS) is 18.1. The summed E-state index contributed by atoms with van der Waals surface area (Å²) in [5, 5.41) is 6.44. The summed E-state index contributed by atoms with van der Waals surface area (Å²) in [5.74, 6) is 2.29. The lowest BCUT2D eigenvalue weighted by atomic mass is 10.1. The zero-order valence-corrected chi connectivity index (χ0v) is 12.3. The van der Waals surface area contributed by atoms with E-state index < -0.39 is 0 Å². The van der Waals surface area contributed by atoms with E-state index in [-0.39, 0.29) is 5.91 Å². The molecule has 0 radical (unpaired) electrons. The third-order valence-electron chi connectivity index (χ3n) is 4.13. The van der Waals surface area contributed by atoms with Crippen LogP contribution in [-0.4, -0.2) is 23.5 Å². The molecule has 1 heterocycles. The Hall–Kier alpha value is -1.58. The molecule has 1 amide bonds. The van der Waals surface area contributed by atoms with E-state index in [1.165, 1.54) is 25.7 Å². The fourth-order valence-electron chi connectivity index (χ4n) is 2.84. The first-order chi connectivity index (χ1) is 9.67. The van der Waals surface area contributed by atoms with Crippen LogP contribution in [0.2, 0.25) is 0 Å². The first-order valence-electron chi connectivity index (χ1n) is 7.71. The second kappa shape index (κ2) is 5.43. The number of rotatable bonds is 6. The predicted octanol–water partition coefficient (Wildman–Crippen LogP) is 2.74. The van der Waals surface area contributed by atoms with Gasteiger partial charge < -0.3 is 10.6 Å². The van der Waals surface area contributed by atoms with Gasteiger partial charge in [-0.3, -0.25) is 4.79 Å². The number of pyridine rings is 1. The van der Waals surface area contributed by atoms with Crippen molar-refractivity contribution >= 4 is 11.7 Å². The fourth-order valence-corrected chi connectivity index (χ4v) is 2.84. The molecule has 4 heteroatoms. The van der Waals surface area contributed by atoms with E-state index in [1.807, 2.05) is 26.0 Å². The molecule has 0 bridgehead atoms. The zero-order chi connectivity index (χ0) is 14.1. The zero-order valence-electron chi connectivity index (χ0n) is 12.3. The van der Waals surface area contributed by atoms with Crippen molar-refractivity contribution < 1.29 is 4.79 Å². The SMILES string of the molecule is CCNc1cc(C(=O)NC(C2CC2)C2CC2)cc(C)n1. The molecule has 2 aliphatic rings. The molecule has 2 fully saturated rings. The summed E-state index contributed by atoms with van der Waals surface area (Å²) in [6.07, 6.45) is 5.11. The molecular weight excluding hydrogens is 250 g/mol. The molecule has 0 aromatic carbocycles. The molecule has 20 heavy (non-hydrogen) atoms. The summed E-state index contributed by atoms with van der Waals surface area (Å²) in [7, 11) is 0. The number of hydrogen-bond donors (Lipinski definition) is 2. The number of anilines is 1. The monoisotopic (exact) mass is 273 g/mol. The van der Waals surface area contributed by atoms with E-state index in [1.54, 1.807) is 0 Å². The Kier molecular flexibility index (Phi) is 3.64. The second-order valence-corrected chi connectivity index (χ2v) is 6.09. The van der Waals surface area contributed by atoms with E-state index in [2.05, 4.69) is 15.6 Å². The van der Waals surface area contributed by atoms with E-state index >= 15 is 0 Å². The van der Waals surface area contributed by atoms with Gasteiger partial charge in [-0.05, 0) is 63.5 Å². The van der Waals surface area contributed by atoms with Gasteiger partial charge in [0.2, 0.25) is 0 Å². The number of carbonyl (C=O) groups is 1. The molecule has 0 unspecified atom stereocenters. The van der Waals surface area contributed by atoms with Gasteiger partial charge in [0.1, 0.15) is 5.82 Å². The number of nitrogens with zero attached hydrogens (tertiary/aromatic N) is 1. The number of carbonyl (C=O) groups excluding carboxylic acids is 1. The highest BCUT2D eigenvalue weighted by Gasteiger charge is 2.42. The molecule has 0 atom stereocenters. The van der Waals surface area contributed by atoms with E-state index in [0.29, 0.717) is 6.04 Å². The molecule has 1 aromatic rings. The van der Waals surface area contributed by atoms with Gasteiger partial charge in [0.05, 0.1) is 0 Å². The van der Waals surface area contributed by atoms with Crippen LogP contribution in [0.5, 0.6) is 0 Å². The van der Waals surface area contributed by atoms with Crippen molar-refractivity contribution in [2.45, 2.75) is 45.6 Å². The Balaban J connectivity index is 1.72. The predicted molar refractivity (Wildman–Crippen MR) is 79.8 cm³/mol. The van der Waals surface area contributed by atoms with Crippen LogP contribution >= 0.6 is 0 Å². The number of nitrogens with one attached hydrogen (secondary N) is 2. The molecular formula is C16H23N3O. The summed E-state index contributed by atoms with van der Waals surface area (Å²) in [6.45, 7) is 4.77. The minimum absolute atomic E-state index is 0.0541. The van der Waals surface area contributed by atoms with Gasteiger partial charge in [0, 0.05) is 23.8 Å². The highest BCUT2D eigenvalue weighted by Crippen LogP contribution is 2.44. The van der Waals surface area contributed by atoms with Crippen LogP contribution in [0.1, 0.15) is 48.7 Å². The van der Waals surface area contributed by atoms with Gasteiger partial charge in [-0.2, -0.15) is 0 Å². The van der Waals surface area contributed by atoms with Gasteiger partial charge in [0.15, 0.2) is 0 Å². The quantitative estimate of drug-likeness (QED) is 0.838. The molecule has 2 aliphatic carbocycles. The minimum atomic E-state index is 0.0541. The summed E-state index contributed by atoms with van der Waals surface area (Å²) in [6, 6.07) is 4.12. The topological polar surface area (TPSA) is 54.0 Å². The molecule has 2 N–H and O–H groups in total. The summed E-state index contributed by atoms with van der Waals surface area (Å²) < 4.78 is 0. The van der Waals surface area contributed by atoms with Gasteiger partial charge in [-0.25, -0.2) is 4.98 Å². The van der Waals surface area contributed by atoms with Gasteiger partial charge in [0.25, 0.3) is 5.91 Å². The molecule has 3 rings (SSSR count). The van der Waals surface area contributed by atoms with Crippen molar-refractivity contribution in [3.8, 4) is 0 Å². The summed E-state index contributed by atoms with van der Waals surface area (Å²) >= 11 is 0. The van der Waals surface area contributed by atoms with Crippen molar-refractivity contribution in [1.82, 2.24) is 10.3 Å². The molecule has 108 valence electrons.